The Labute approximate surface area is 136 Å². The van der Waals surface area contributed by atoms with Crippen LogP contribution in [0.2, 0.25) is 0 Å². The van der Waals surface area contributed by atoms with E-state index in [1.165, 1.54) is 7.11 Å². The maximum absolute atomic E-state index is 11.8. The number of hydroxylamine groups is 1. The predicted octanol–water partition coefficient (Wildman–Crippen LogP) is 2.30. The van der Waals surface area contributed by atoms with Gasteiger partial charge in [0.1, 0.15) is 0 Å². The molecule has 1 rings (SSSR count). The molecular weight excluding hydrogens is 300 g/mol. The van der Waals surface area contributed by atoms with Gasteiger partial charge in [-0.3, -0.25) is 0 Å². The molecule has 0 saturated heterocycles. The molecule has 0 fully saturated rings. The largest absolute Gasteiger partial charge is 0.494 e. The van der Waals surface area contributed by atoms with Crippen LogP contribution in [0.4, 0.5) is 0 Å². The van der Waals surface area contributed by atoms with E-state index in [1.54, 1.807) is 13.8 Å². The second-order valence-electron chi connectivity index (χ2n) is 5.34. The Morgan fingerprint density at radius 1 is 1.61 bits per heavy atom. The summed E-state index contributed by atoms with van der Waals surface area (Å²) in [6, 6.07) is -0.407. The minimum Gasteiger partial charge on any atom is -0.494 e. The normalized spacial score (nSPS) is 26.0. The molecule has 0 bridgehead atoms. The number of allylic oxidation sites excluding steroid dienone is 2. The Hall–Kier alpha value is -2.12. The number of nitrogens with one attached hydrogen (secondary N) is 1. The van der Waals surface area contributed by atoms with Crippen molar-refractivity contribution in [2.75, 3.05) is 7.11 Å². The second kappa shape index (κ2) is 7.94. The van der Waals surface area contributed by atoms with Crippen molar-refractivity contribution in [2.24, 2.45) is 11.1 Å². The van der Waals surface area contributed by atoms with Gasteiger partial charge in [0, 0.05) is 12.0 Å². The third-order valence-corrected chi connectivity index (χ3v) is 3.70. The summed E-state index contributed by atoms with van der Waals surface area (Å²) in [5, 5.41) is 11.9. The van der Waals surface area contributed by atoms with Crippen LogP contribution in [0.15, 0.2) is 41.3 Å². The molecule has 0 spiro atoms. The summed E-state index contributed by atoms with van der Waals surface area (Å²) in [5.41, 5.74) is 3.92. The van der Waals surface area contributed by atoms with Gasteiger partial charge in [0.05, 0.1) is 18.9 Å². The lowest BCUT2D eigenvalue weighted by molar-refractivity contribution is -0.266. The highest BCUT2D eigenvalue weighted by atomic mass is 16.8. The first-order valence-corrected chi connectivity index (χ1v) is 7.23. The maximum Gasteiger partial charge on any atom is 0.333 e. The van der Waals surface area contributed by atoms with Crippen molar-refractivity contribution >= 4 is 11.7 Å². The Kier molecular flexibility index (Phi) is 6.53. The maximum atomic E-state index is 11.8. The van der Waals surface area contributed by atoms with E-state index in [1.807, 2.05) is 26.0 Å². The van der Waals surface area contributed by atoms with Crippen molar-refractivity contribution in [1.82, 2.24) is 5.48 Å². The van der Waals surface area contributed by atoms with Crippen LogP contribution in [0.25, 0.3) is 0 Å². The minimum absolute atomic E-state index is 0.323. The van der Waals surface area contributed by atoms with E-state index in [2.05, 4.69) is 17.2 Å². The third kappa shape index (κ3) is 4.00. The summed E-state index contributed by atoms with van der Waals surface area (Å²) in [6.45, 7) is 10.4. The molecule has 7 heteroatoms. The number of hydrogen-bond acceptors (Lipinski definition) is 7. The van der Waals surface area contributed by atoms with Gasteiger partial charge in [-0.05, 0) is 26.3 Å². The summed E-state index contributed by atoms with van der Waals surface area (Å²) in [6.07, 6.45) is 4.78. The number of esters is 1. The number of methoxy groups -OCH3 is 1. The van der Waals surface area contributed by atoms with Crippen molar-refractivity contribution in [2.45, 2.75) is 39.5 Å². The van der Waals surface area contributed by atoms with E-state index >= 15 is 0 Å². The zero-order chi connectivity index (χ0) is 17.6. The van der Waals surface area contributed by atoms with Crippen LogP contribution in [-0.4, -0.2) is 35.8 Å². The summed E-state index contributed by atoms with van der Waals surface area (Å²) < 4.78 is 10.9. The van der Waals surface area contributed by atoms with E-state index in [-0.39, 0.29) is 5.92 Å². The first-order chi connectivity index (χ1) is 10.8. The van der Waals surface area contributed by atoms with Crippen molar-refractivity contribution in [3.63, 3.8) is 0 Å². The molecule has 0 aromatic heterocycles. The molecule has 3 unspecified atom stereocenters. The van der Waals surface area contributed by atoms with Crippen molar-refractivity contribution in [3.05, 3.63) is 36.1 Å². The Balaban J connectivity index is 3.19. The molecule has 2 N–H and O–H groups in total. The second-order valence-corrected chi connectivity index (χ2v) is 5.34. The molecular formula is C16H24N2O5. The average molecular weight is 324 g/mol. The van der Waals surface area contributed by atoms with Gasteiger partial charge in [-0.2, -0.15) is 5.48 Å². The Morgan fingerprint density at radius 2 is 2.26 bits per heavy atom. The highest BCUT2D eigenvalue weighted by Gasteiger charge is 2.49. The Bertz CT molecular complexity index is 553. The van der Waals surface area contributed by atoms with Gasteiger partial charge >= 0.3 is 5.97 Å². The number of ether oxygens (including phenoxy) is 2. The highest BCUT2D eigenvalue weighted by Crippen LogP contribution is 2.38. The summed E-state index contributed by atoms with van der Waals surface area (Å²) in [4.78, 5) is 17.6. The van der Waals surface area contributed by atoms with E-state index in [4.69, 9.17) is 19.5 Å². The van der Waals surface area contributed by atoms with E-state index < -0.39 is 17.8 Å². The van der Waals surface area contributed by atoms with Gasteiger partial charge in [-0.15, -0.1) is 0 Å². The number of nitrogens with zero attached hydrogens (tertiary/aromatic N) is 1. The fourth-order valence-corrected chi connectivity index (χ4v) is 2.11. The van der Waals surface area contributed by atoms with Gasteiger partial charge < -0.3 is 14.7 Å². The molecule has 3 atom stereocenters. The van der Waals surface area contributed by atoms with Gasteiger partial charge in [-0.1, -0.05) is 30.8 Å². The van der Waals surface area contributed by atoms with Crippen LogP contribution in [0.1, 0.15) is 27.7 Å². The molecule has 0 saturated carbocycles. The first kappa shape index (κ1) is 18.9. The number of carbonyl (C=O) groups is 1. The zero-order valence-electron chi connectivity index (χ0n) is 14.1. The topological polar surface area (TPSA) is 89.4 Å². The van der Waals surface area contributed by atoms with Crippen LogP contribution in [0.3, 0.4) is 0 Å². The molecule has 1 aliphatic carbocycles. The lowest BCUT2D eigenvalue weighted by atomic mass is 9.90. The Morgan fingerprint density at radius 3 is 2.78 bits per heavy atom. The molecule has 0 aliphatic heterocycles. The van der Waals surface area contributed by atoms with Gasteiger partial charge in [-0.25, -0.2) is 9.63 Å². The average Bonchev–Trinajstić information content (AvgIpc) is 2.55. The van der Waals surface area contributed by atoms with Crippen LogP contribution in [0.5, 0.6) is 0 Å². The molecule has 23 heavy (non-hydrogen) atoms. The molecule has 0 aromatic rings. The smallest absolute Gasteiger partial charge is 0.333 e. The molecule has 0 radical (unpaired) electrons. The summed E-state index contributed by atoms with van der Waals surface area (Å²) in [5.74, 6) is -2.07. The molecule has 0 aromatic carbocycles. The quantitative estimate of drug-likeness (QED) is 0.186. The molecule has 0 amide bonds. The predicted molar refractivity (Wildman–Crippen MR) is 85.6 cm³/mol. The van der Waals surface area contributed by atoms with E-state index in [0.29, 0.717) is 11.5 Å². The van der Waals surface area contributed by atoms with Gasteiger partial charge in [0.2, 0.25) is 0 Å². The van der Waals surface area contributed by atoms with E-state index in [9.17, 15) is 4.79 Å². The van der Waals surface area contributed by atoms with Crippen LogP contribution >= 0.6 is 0 Å². The van der Waals surface area contributed by atoms with Crippen molar-refractivity contribution in [3.8, 4) is 0 Å². The standard InChI is InChI=1S/C16H24N2O5/c1-7-14(19)22-16(23-18-13(5)12(4)17-20)11(3)9-8-10(2)15(16)21-6/h7-9,11,13,18,20H,1H2,2-6H3. The number of rotatable bonds is 7. The van der Waals surface area contributed by atoms with Crippen molar-refractivity contribution < 1.29 is 24.3 Å². The number of carbonyl (C=O) groups excluding carboxylic acids is 1. The highest BCUT2D eigenvalue weighted by molar-refractivity contribution is 5.86. The number of oxime groups is 1. The monoisotopic (exact) mass is 324 g/mol. The molecule has 128 valence electrons. The molecule has 0 heterocycles. The van der Waals surface area contributed by atoms with Gasteiger partial charge in [0.25, 0.3) is 5.79 Å². The van der Waals surface area contributed by atoms with E-state index in [0.717, 1.165) is 11.6 Å². The zero-order valence-corrected chi connectivity index (χ0v) is 14.1. The lowest BCUT2D eigenvalue weighted by Crippen LogP contribution is -2.52. The number of hydrogen-bond donors (Lipinski definition) is 2. The SMILES string of the molecule is C=CC(=O)OC1(ONC(C)C(C)=NO)C(OC)=C(C)C=CC1C. The fraction of sp³-hybridized carbons (Fsp3) is 0.500. The van der Waals surface area contributed by atoms with Crippen LogP contribution < -0.4 is 5.48 Å². The molecule has 1 aliphatic rings. The molecule has 7 nitrogen and oxygen atoms in total. The van der Waals surface area contributed by atoms with Crippen LogP contribution in [-0.2, 0) is 19.1 Å². The third-order valence-electron chi connectivity index (χ3n) is 3.70. The fourth-order valence-electron chi connectivity index (χ4n) is 2.11. The summed E-state index contributed by atoms with van der Waals surface area (Å²) >= 11 is 0. The summed E-state index contributed by atoms with van der Waals surface area (Å²) in [7, 11) is 1.48. The van der Waals surface area contributed by atoms with Crippen molar-refractivity contribution in [1.29, 1.82) is 0 Å². The first-order valence-electron chi connectivity index (χ1n) is 7.23. The van der Waals surface area contributed by atoms with Gasteiger partial charge in [0.15, 0.2) is 5.76 Å². The lowest BCUT2D eigenvalue weighted by Gasteiger charge is -2.39. The minimum atomic E-state index is -1.48. The van der Waals surface area contributed by atoms with Crippen LogP contribution in [0, 0.1) is 5.92 Å².